The van der Waals surface area contributed by atoms with Crippen LogP contribution < -0.4 is 0 Å². The van der Waals surface area contributed by atoms with E-state index < -0.39 is 0 Å². The number of aromatic nitrogens is 1. The fraction of sp³-hybridized carbons (Fsp3) is 0.357. The van der Waals surface area contributed by atoms with Crippen LogP contribution in [0, 0.1) is 11.3 Å². The molecule has 0 aliphatic carbocycles. The van der Waals surface area contributed by atoms with Gasteiger partial charge in [-0.25, -0.2) is 0 Å². The van der Waals surface area contributed by atoms with Crippen LogP contribution in [0.5, 0.6) is 0 Å². The molecule has 0 aliphatic rings. The highest BCUT2D eigenvalue weighted by Crippen LogP contribution is 2.18. The van der Waals surface area contributed by atoms with E-state index in [2.05, 4.69) is 22.9 Å². The number of aliphatic hydroxyl groups is 1. The molecule has 88 valence electrons. The number of benzene rings is 1. The van der Waals surface area contributed by atoms with E-state index in [0.717, 1.165) is 31.3 Å². The molecular formula is C14H16N2O. The molecule has 1 N–H and O–H groups in total. The number of nitriles is 1. The van der Waals surface area contributed by atoms with Crippen molar-refractivity contribution in [3.05, 3.63) is 36.0 Å². The zero-order chi connectivity index (χ0) is 12.1. The molecule has 0 spiro atoms. The first-order valence-corrected chi connectivity index (χ1v) is 5.95. The maximum atomic E-state index is 8.88. The number of hydrogen-bond acceptors (Lipinski definition) is 2. The van der Waals surface area contributed by atoms with Crippen LogP contribution >= 0.6 is 0 Å². The van der Waals surface area contributed by atoms with Gasteiger partial charge in [0.25, 0.3) is 0 Å². The van der Waals surface area contributed by atoms with Crippen molar-refractivity contribution >= 4 is 10.9 Å². The van der Waals surface area contributed by atoms with Crippen LogP contribution in [0.4, 0.5) is 0 Å². The molecule has 0 amide bonds. The van der Waals surface area contributed by atoms with Crippen LogP contribution in [0.25, 0.3) is 10.9 Å². The second-order valence-electron chi connectivity index (χ2n) is 4.18. The smallest absolute Gasteiger partial charge is 0.0992 e. The lowest BCUT2D eigenvalue weighted by Crippen LogP contribution is -1.96. The minimum atomic E-state index is 0.269. The Kier molecular flexibility index (Phi) is 3.79. The van der Waals surface area contributed by atoms with Gasteiger partial charge in [-0.05, 0) is 42.8 Å². The summed E-state index contributed by atoms with van der Waals surface area (Å²) in [6.45, 7) is 1.21. The second-order valence-corrected chi connectivity index (χ2v) is 4.18. The van der Waals surface area contributed by atoms with Crippen LogP contribution in [-0.4, -0.2) is 16.3 Å². The zero-order valence-electron chi connectivity index (χ0n) is 9.76. The summed E-state index contributed by atoms with van der Waals surface area (Å²) in [4.78, 5) is 0. The maximum Gasteiger partial charge on any atom is 0.0992 e. The minimum Gasteiger partial charge on any atom is -0.396 e. The Labute approximate surface area is 101 Å². The van der Waals surface area contributed by atoms with E-state index in [0.29, 0.717) is 5.56 Å². The summed E-state index contributed by atoms with van der Waals surface area (Å²) in [6.07, 6.45) is 5.02. The molecule has 1 heterocycles. The third kappa shape index (κ3) is 2.66. The van der Waals surface area contributed by atoms with Crippen molar-refractivity contribution in [3.8, 4) is 6.07 Å². The number of hydrogen-bond donors (Lipinski definition) is 1. The molecule has 0 unspecified atom stereocenters. The van der Waals surface area contributed by atoms with Gasteiger partial charge in [-0.2, -0.15) is 5.26 Å². The highest BCUT2D eigenvalue weighted by Gasteiger charge is 2.01. The van der Waals surface area contributed by atoms with Crippen LogP contribution in [0.1, 0.15) is 24.8 Å². The van der Waals surface area contributed by atoms with Gasteiger partial charge in [-0.1, -0.05) is 6.07 Å². The van der Waals surface area contributed by atoms with Gasteiger partial charge in [0.2, 0.25) is 0 Å². The second kappa shape index (κ2) is 5.51. The van der Waals surface area contributed by atoms with Crippen LogP contribution in [-0.2, 0) is 6.54 Å². The predicted octanol–water partition coefficient (Wildman–Crippen LogP) is 2.68. The van der Waals surface area contributed by atoms with Gasteiger partial charge in [0.1, 0.15) is 0 Å². The van der Waals surface area contributed by atoms with Crippen molar-refractivity contribution < 1.29 is 5.11 Å². The highest BCUT2D eigenvalue weighted by molar-refractivity contribution is 5.81. The molecule has 0 fully saturated rings. The van der Waals surface area contributed by atoms with E-state index >= 15 is 0 Å². The fourth-order valence-corrected chi connectivity index (χ4v) is 2.02. The van der Waals surface area contributed by atoms with Gasteiger partial charge >= 0.3 is 0 Å². The maximum absolute atomic E-state index is 8.88. The van der Waals surface area contributed by atoms with Crippen molar-refractivity contribution in [1.82, 2.24) is 4.57 Å². The first-order chi connectivity index (χ1) is 8.35. The Morgan fingerprint density at radius 3 is 2.82 bits per heavy atom. The molecule has 3 nitrogen and oxygen atoms in total. The molecular weight excluding hydrogens is 212 g/mol. The van der Waals surface area contributed by atoms with E-state index in [1.807, 2.05) is 18.2 Å². The van der Waals surface area contributed by atoms with E-state index in [-0.39, 0.29) is 6.61 Å². The molecule has 3 heteroatoms. The van der Waals surface area contributed by atoms with Crippen molar-refractivity contribution in [2.75, 3.05) is 6.61 Å². The Morgan fingerprint density at radius 2 is 2.06 bits per heavy atom. The lowest BCUT2D eigenvalue weighted by Gasteiger charge is -2.05. The Bertz CT molecular complexity index is 537. The number of nitrogens with zero attached hydrogens (tertiary/aromatic N) is 2. The molecule has 0 atom stereocenters. The van der Waals surface area contributed by atoms with Crippen molar-refractivity contribution in [1.29, 1.82) is 5.26 Å². The summed E-state index contributed by atoms with van der Waals surface area (Å²) in [5.41, 5.74) is 1.82. The number of rotatable bonds is 5. The molecule has 0 aliphatic heterocycles. The highest BCUT2D eigenvalue weighted by atomic mass is 16.2. The van der Waals surface area contributed by atoms with E-state index in [4.69, 9.17) is 10.4 Å². The molecule has 0 radical (unpaired) electrons. The van der Waals surface area contributed by atoms with Gasteiger partial charge in [0, 0.05) is 24.9 Å². The Morgan fingerprint density at radius 1 is 1.18 bits per heavy atom. The Hall–Kier alpha value is -1.79. The normalized spacial score (nSPS) is 10.6. The lowest BCUT2D eigenvalue weighted by molar-refractivity contribution is 0.282. The summed E-state index contributed by atoms with van der Waals surface area (Å²) in [6, 6.07) is 10.00. The molecule has 0 bridgehead atoms. The number of aliphatic hydroxyl groups excluding tert-OH is 1. The number of fused-ring (bicyclic) bond motifs is 1. The van der Waals surface area contributed by atoms with E-state index in [1.165, 1.54) is 5.39 Å². The summed E-state index contributed by atoms with van der Waals surface area (Å²) < 4.78 is 2.17. The lowest BCUT2D eigenvalue weighted by atomic mass is 10.2. The third-order valence-corrected chi connectivity index (χ3v) is 2.96. The summed E-state index contributed by atoms with van der Waals surface area (Å²) in [5.74, 6) is 0. The molecule has 2 rings (SSSR count). The third-order valence-electron chi connectivity index (χ3n) is 2.96. The van der Waals surface area contributed by atoms with Crippen LogP contribution in [0.15, 0.2) is 30.5 Å². The van der Waals surface area contributed by atoms with Crippen molar-refractivity contribution in [2.24, 2.45) is 0 Å². The fourth-order valence-electron chi connectivity index (χ4n) is 2.02. The van der Waals surface area contributed by atoms with E-state index in [1.54, 1.807) is 0 Å². The first kappa shape index (κ1) is 11.7. The molecule has 0 saturated heterocycles. The summed E-state index contributed by atoms with van der Waals surface area (Å²) >= 11 is 0. The van der Waals surface area contributed by atoms with Gasteiger partial charge in [0.05, 0.1) is 11.6 Å². The van der Waals surface area contributed by atoms with Crippen LogP contribution in [0.3, 0.4) is 0 Å². The molecule has 0 saturated carbocycles. The monoisotopic (exact) mass is 228 g/mol. The number of unbranched alkanes of at least 4 members (excludes halogenated alkanes) is 2. The molecule has 2 aromatic rings. The minimum absolute atomic E-state index is 0.269. The molecule has 17 heavy (non-hydrogen) atoms. The van der Waals surface area contributed by atoms with Gasteiger partial charge in [0.15, 0.2) is 0 Å². The molecule has 1 aromatic carbocycles. The molecule has 1 aromatic heterocycles. The van der Waals surface area contributed by atoms with Gasteiger partial charge in [-0.15, -0.1) is 0 Å². The Balaban J connectivity index is 2.14. The zero-order valence-corrected chi connectivity index (χ0v) is 9.76. The number of aryl methyl sites for hydroxylation is 1. The average molecular weight is 228 g/mol. The quantitative estimate of drug-likeness (QED) is 0.800. The summed E-state index contributed by atoms with van der Waals surface area (Å²) in [7, 11) is 0. The predicted molar refractivity (Wildman–Crippen MR) is 67.6 cm³/mol. The van der Waals surface area contributed by atoms with Crippen LogP contribution in [0.2, 0.25) is 0 Å². The largest absolute Gasteiger partial charge is 0.396 e. The summed E-state index contributed by atoms with van der Waals surface area (Å²) in [5, 5.41) is 18.8. The topological polar surface area (TPSA) is 49.0 Å². The van der Waals surface area contributed by atoms with Crippen molar-refractivity contribution in [2.45, 2.75) is 25.8 Å². The van der Waals surface area contributed by atoms with Gasteiger partial charge in [-0.3, -0.25) is 0 Å². The average Bonchev–Trinajstić information content (AvgIpc) is 2.77. The standard InChI is InChI=1S/C14H16N2O/c15-11-12-4-5-13-6-8-16(14(13)10-12)7-2-1-3-9-17/h4-6,8,10,17H,1-3,7,9H2. The van der Waals surface area contributed by atoms with Crippen molar-refractivity contribution in [3.63, 3.8) is 0 Å². The van der Waals surface area contributed by atoms with Gasteiger partial charge < -0.3 is 9.67 Å². The SMILES string of the molecule is N#Cc1ccc2ccn(CCCCCO)c2c1. The van der Waals surface area contributed by atoms with E-state index in [9.17, 15) is 0 Å². The first-order valence-electron chi connectivity index (χ1n) is 5.95.